The van der Waals surface area contributed by atoms with Crippen molar-refractivity contribution in [1.82, 2.24) is 0 Å². The summed E-state index contributed by atoms with van der Waals surface area (Å²) in [4.78, 5) is 7.62. The molecule has 0 saturated heterocycles. The monoisotopic (exact) mass is 126 g/mol. The van der Waals surface area contributed by atoms with Gasteiger partial charge in [-0.2, -0.15) is 0 Å². The van der Waals surface area contributed by atoms with Crippen molar-refractivity contribution in [3.8, 4) is 0 Å². The maximum atomic E-state index is 3.91. The Labute approximate surface area is 56.7 Å². The Kier molecular flexibility index (Phi) is 6.80. The van der Waals surface area contributed by atoms with E-state index in [2.05, 4.69) is 16.9 Å². The molecule has 0 atom stereocenters. The minimum absolute atomic E-state index is 1.07. The topological polar surface area (TPSA) is 24.7 Å². The van der Waals surface area contributed by atoms with Crippen LogP contribution in [0.3, 0.4) is 0 Å². The second kappa shape index (κ2) is 7.34. The van der Waals surface area contributed by atoms with Crippen molar-refractivity contribution in [3.63, 3.8) is 0 Å². The van der Waals surface area contributed by atoms with Crippen molar-refractivity contribution >= 4 is 12.6 Å². The third kappa shape index (κ3) is 7.34. The zero-order valence-corrected chi connectivity index (χ0v) is 6.17. The number of hydrogen-bond donors (Lipinski definition) is 0. The van der Waals surface area contributed by atoms with Crippen molar-refractivity contribution in [2.24, 2.45) is 9.98 Å². The van der Waals surface area contributed by atoms with Gasteiger partial charge >= 0.3 is 0 Å². The summed E-state index contributed by atoms with van der Waals surface area (Å²) in [5, 5.41) is 0. The van der Waals surface area contributed by atoms with E-state index in [-0.39, 0.29) is 0 Å². The van der Waals surface area contributed by atoms with Gasteiger partial charge in [-0.25, -0.2) is 4.99 Å². The highest BCUT2D eigenvalue weighted by Crippen LogP contribution is 1.88. The molecule has 0 amide bonds. The summed E-state index contributed by atoms with van der Waals surface area (Å²) in [6.07, 6.45) is 6.99. The predicted octanol–water partition coefficient (Wildman–Crippen LogP) is 1.91. The van der Waals surface area contributed by atoms with Crippen LogP contribution in [-0.2, 0) is 0 Å². The standard InChI is InChI=1S/C7H14N2/c1-3-4-5-6-9-7-8-2/h6-7H,3-5H2,1-2H3. The second-order valence-corrected chi connectivity index (χ2v) is 1.85. The van der Waals surface area contributed by atoms with E-state index in [1.807, 2.05) is 6.21 Å². The third-order valence-electron chi connectivity index (χ3n) is 0.974. The van der Waals surface area contributed by atoms with Gasteiger partial charge in [0.15, 0.2) is 0 Å². The maximum Gasteiger partial charge on any atom is 0.109 e. The lowest BCUT2D eigenvalue weighted by molar-refractivity contribution is 0.843. The van der Waals surface area contributed by atoms with E-state index >= 15 is 0 Å². The van der Waals surface area contributed by atoms with Crippen molar-refractivity contribution in [1.29, 1.82) is 0 Å². The number of hydrogen-bond acceptors (Lipinski definition) is 1. The van der Waals surface area contributed by atoms with Crippen LogP contribution in [0, 0.1) is 0 Å². The van der Waals surface area contributed by atoms with Gasteiger partial charge in [0.05, 0.1) is 0 Å². The van der Waals surface area contributed by atoms with E-state index < -0.39 is 0 Å². The molecule has 2 nitrogen and oxygen atoms in total. The molecule has 0 heterocycles. The first kappa shape index (κ1) is 8.34. The summed E-state index contributed by atoms with van der Waals surface area (Å²) < 4.78 is 0. The first-order chi connectivity index (χ1) is 4.41. The SMILES string of the molecule is CCCCC=NC=NC. The largest absolute Gasteiger partial charge is 0.277 e. The molecule has 0 bridgehead atoms. The van der Waals surface area contributed by atoms with Crippen LogP contribution in [0.2, 0.25) is 0 Å². The highest BCUT2D eigenvalue weighted by molar-refractivity contribution is 5.71. The number of nitrogens with zero attached hydrogens (tertiary/aromatic N) is 2. The molecule has 0 aliphatic heterocycles. The molecule has 0 aliphatic carbocycles. The Hall–Kier alpha value is -0.660. The van der Waals surface area contributed by atoms with Gasteiger partial charge in [-0.15, -0.1) is 0 Å². The van der Waals surface area contributed by atoms with Gasteiger partial charge in [0.2, 0.25) is 0 Å². The molecule has 0 fully saturated rings. The normalized spacial score (nSPS) is 11.8. The van der Waals surface area contributed by atoms with Crippen LogP contribution in [0.1, 0.15) is 26.2 Å². The third-order valence-corrected chi connectivity index (χ3v) is 0.974. The van der Waals surface area contributed by atoms with Crippen LogP contribution in [0.25, 0.3) is 0 Å². The average Bonchev–Trinajstić information content (AvgIpc) is 1.89. The summed E-state index contributed by atoms with van der Waals surface area (Å²) in [7, 11) is 1.72. The minimum atomic E-state index is 1.07. The summed E-state index contributed by atoms with van der Waals surface area (Å²) in [6, 6.07) is 0. The van der Waals surface area contributed by atoms with Crippen LogP contribution in [0.15, 0.2) is 9.98 Å². The summed E-state index contributed by atoms with van der Waals surface area (Å²) in [5.74, 6) is 0. The molecule has 0 aromatic carbocycles. The van der Waals surface area contributed by atoms with Gasteiger partial charge in [0.1, 0.15) is 6.34 Å². The van der Waals surface area contributed by atoms with Crippen LogP contribution in [-0.4, -0.2) is 19.6 Å². The van der Waals surface area contributed by atoms with Crippen molar-refractivity contribution in [3.05, 3.63) is 0 Å². The maximum absolute atomic E-state index is 3.91. The van der Waals surface area contributed by atoms with Gasteiger partial charge in [-0.1, -0.05) is 13.3 Å². The van der Waals surface area contributed by atoms with Crippen LogP contribution >= 0.6 is 0 Å². The molecule has 0 aromatic heterocycles. The Balaban J connectivity index is 3.04. The first-order valence-electron chi connectivity index (χ1n) is 3.34. The molecule has 0 radical (unpaired) electrons. The number of unbranched alkanes of at least 4 members (excludes halogenated alkanes) is 2. The van der Waals surface area contributed by atoms with E-state index in [0.717, 1.165) is 6.42 Å². The van der Waals surface area contributed by atoms with Gasteiger partial charge in [-0.05, 0) is 12.8 Å². The van der Waals surface area contributed by atoms with E-state index in [9.17, 15) is 0 Å². The zero-order valence-electron chi connectivity index (χ0n) is 6.17. The minimum Gasteiger partial charge on any atom is -0.277 e. The van der Waals surface area contributed by atoms with Gasteiger partial charge in [0, 0.05) is 13.3 Å². The molecule has 0 spiro atoms. The molecule has 52 valence electrons. The molecule has 0 aromatic rings. The molecule has 9 heavy (non-hydrogen) atoms. The van der Waals surface area contributed by atoms with E-state index in [0.29, 0.717) is 0 Å². The lowest BCUT2D eigenvalue weighted by Gasteiger charge is -1.83. The molecule has 2 heteroatoms. The van der Waals surface area contributed by atoms with Crippen LogP contribution in [0.4, 0.5) is 0 Å². The van der Waals surface area contributed by atoms with Crippen molar-refractivity contribution in [2.75, 3.05) is 7.05 Å². The number of aliphatic imine (C=N–C) groups is 2. The van der Waals surface area contributed by atoms with Crippen LogP contribution in [0.5, 0.6) is 0 Å². The quantitative estimate of drug-likeness (QED) is 0.312. The summed E-state index contributed by atoms with van der Waals surface area (Å²) >= 11 is 0. The van der Waals surface area contributed by atoms with Crippen LogP contribution < -0.4 is 0 Å². The van der Waals surface area contributed by atoms with E-state index in [1.165, 1.54) is 12.8 Å². The van der Waals surface area contributed by atoms with Crippen molar-refractivity contribution < 1.29 is 0 Å². The average molecular weight is 126 g/mol. The Morgan fingerprint density at radius 1 is 1.44 bits per heavy atom. The fourth-order valence-electron chi connectivity index (χ4n) is 0.484. The predicted molar refractivity (Wildman–Crippen MR) is 42.4 cm³/mol. The zero-order chi connectivity index (χ0) is 6.95. The second-order valence-electron chi connectivity index (χ2n) is 1.85. The summed E-state index contributed by atoms with van der Waals surface area (Å²) in [5.41, 5.74) is 0. The molecule has 0 aliphatic rings. The lowest BCUT2D eigenvalue weighted by atomic mass is 10.3. The lowest BCUT2D eigenvalue weighted by Crippen LogP contribution is -1.75. The Morgan fingerprint density at radius 3 is 2.78 bits per heavy atom. The molecular weight excluding hydrogens is 112 g/mol. The highest BCUT2D eigenvalue weighted by atomic mass is 14.8. The first-order valence-corrected chi connectivity index (χ1v) is 3.34. The van der Waals surface area contributed by atoms with E-state index in [4.69, 9.17) is 0 Å². The smallest absolute Gasteiger partial charge is 0.109 e. The molecule has 0 unspecified atom stereocenters. The summed E-state index contributed by atoms with van der Waals surface area (Å²) in [6.45, 7) is 2.17. The van der Waals surface area contributed by atoms with E-state index in [1.54, 1.807) is 13.4 Å². The van der Waals surface area contributed by atoms with Gasteiger partial charge < -0.3 is 0 Å². The Bertz CT molecular complexity index is 95.1. The Morgan fingerprint density at radius 2 is 2.22 bits per heavy atom. The molecule has 0 saturated carbocycles. The molecule has 0 rings (SSSR count). The highest BCUT2D eigenvalue weighted by Gasteiger charge is 1.75. The molecule has 0 N–H and O–H groups in total. The molecular formula is C7H14N2. The van der Waals surface area contributed by atoms with Crippen molar-refractivity contribution in [2.45, 2.75) is 26.2 Å². The number of rotatable bonds is 4. The fraction of sp³-hybridized carbons (Fsp3) is 0.714. The fourth-order valence-corrected chi connectivity index (χ4v) is 0.484. The van der Waals surface area contributed by atoms with Gasteiger partial charge in [-0.3, -0.25) is 4.99 Å². The van der Waals surface area contributed by atoms with Gasteiger partial charge in [0.25, 0.3) is 0 Å².